The van der Waals surface area contributed by atoms with Crippen molar-refractivity contribution in [2.75, 3.05) is 19.6 Å². The van der Waals surface area contributed by atoms with E-state index in [1.165, 1.54) is 6.92 Å². The summed E-state index contributed by atoms with van der Waals surface area (Å²) in [5.74, 6) is -5.89. The smallest absolute Gasteiger partial charge is 0.326 e. The van der Waals surface area contributed by atoms with Crippen LogP contribution in [-0.4, -0.2) is 96.3 Å². The Bertz CT molecular complexity index is 962. The van der Waals surface area contributed by atoms with Gasteiger partial charge >= 0.3 is 5.97 Å². The van der Waals surface area contributed by atoms with Gasteiger partial charge in [-0.25, -0.2) is 4.79 Å². The van der Waals surface area contributed by atoms with Gasteiger partial charge in [0, 0.05) is 13.1 Å². The predicted molar refractivity (Wildman–Crippen MR) is 144 cm³/mol. The number of carbonyl (C=O) groups excluding carboxylic acids is 5. The first-order valence-corrected chi connectivity index (χ1v) is 12.2. The molecular formula is C21H40N12O7. The number of carboxylic acid groups (broad SMARTS) is 1. The summed E-state index contributed by atoms with van der Waals surface area (Å²) in [6, 6.07) is -4.92. The van der Waals surface area contributed by atoms with Crippen LogP contribution in [0.1, 0.15) is 39.0 Å². The monoisotopic (exact) mass is 572 g/mol. The molecule has 17 N–H and O–H groups in total. The zero-order valence-corrected chi connectivity index (χ0v) is 22.2. The van der Waals surface area contributed by atoms with Gasteiger partial charge in [-0.05, 0) is 32.6 Å². The number of nitrogens with zero attached hydrogens (tertiary/aromatic N) is 2. The Hall–Kier alpha value is -4.68. The molecule has 0 aliphatic rings. The number of carboxylic acids is 1. The molecular weight excluding hydrogens is 532 g/mol. The van der Waals surface area contributed by atoms with Crippen LogP contribution in [0.4, 0.5) is 0 Å². The van der Waals surface area contributed by atoms with Crippen LogP contribution < -0.4 is 55.7 Å². The summed E-state index contributed by atoms with van der Waals surface area (Å²) in [5.41, 5.74) is 31.7. The van der Waals surface area contributed by atoms with Crippen molar-refractivity contribution < 1.29 is 33.9 Å². The minimum absolute atomic E-state index is 0.00384. The van der Waals surface area contributed by atoms with E-state index in [0.29, 0.717) is 0 Å². The molecule has 0 aliphatic heterocycles. The molecule has 0 aromatic carbocycles. The highest BCUT2D eigenvalue weighted by Crippen LogP contribution is 2.03. The van der Waals surface area contributed by atoms with Crippen molar-refractivity contribution in [3.8, 4) is 0 Å². The number of hydrogen-bond acceptors (Lipinski definition) is 9. The van der Waals surface area contributed by atoms with E-state index >= 15 is 0 Å². The highest BCUT2D eigenvalue weighted by molar-refractivity contribution is 5.96. The summed E-state index contributed by atoms with van der Waals surface area (Å²) in [6.07, 6.45) is -0.0682. The number of aliphatic carboxylic acids is 1. The zero-order chi connectivity index (χ0) is 30.8. The molecule has 0 heterocycles. The topological polar surface area (TPSA) is 352 Å². The maximum Gasteiger partial charge on any atom is 0.326 e. The minimum Gasteiger partial charge on any atom is -0.480 e. The molecule has 0 aromatic heterocycles. The number of hydrogen-bond donors (Lipinski definition) is 11. The van der Waals surface area contributed by atoms with E-state index in [2.05, 4.69) is 31.3 Å². The van der Waals surface area contributed by atoms with Crippen molar-refractivity contribution in [1.29, 1.82) is 0 Å². The van der Waals surface area contributed by atoms with Crippen molar-refractivity contribution in [1.82, 2.24) is 21.3 Å². The van der Waals surface area contributed by atoms with Gasteiger partial charge in [-0.1, -0.05) is 0 Å². The third-order valence-corrected chi connectivity index (χ3v) is 5.03. The molecule has 0 saturated carbocycles. The van der Waals surface area contributed by atoms with E-state index in [9.17, 15) is 33.9 Å². The molecule has 0 unspecified atom stereocenters. The van der Waals surface area contributed by atoms with Crippen LogP contribution in [0.25, 0.3) is 0 Å². The average molecular weight is 573 g/mol. The molecule has 0 saturated heterocycles. The van der Waals surface area contributed by atoms with E-state index in [1.54, 1.807) is 0 Å². The van der Waals surface area contributed by atoms with Crippen LogP contribution in [0.3, 0.4) is 0 Å². The molecule has 0 aliphatic carbocycles. The lowest BCUT2D eigenvalue weighted by Gasteiger charge is -2.23. The molecule has 4 atom stereocenters. The number of primary amides is 1. The highest BCUT2D eigenvalue weighted by Gasteiger charge is 2.29. The van der Waals surface area contributed by atoms with Crippen molar-refractivity contribution in [3.05, 3.63) is 0 Å². The molecule has 40 heavy (non-hydrogen) atoms. The predicted octanol–water partition coefficient (Wildman–Crippen LogP) is -6.03. The number of carbonyl (C=O) groups is 6. The summed E-state index contributed by atoms with van der Waals surface area (Å²) in [6.45, 7) is 1.02. The minimum atomic E-state index is -1.51. The van der Waals surface area contributed by atoms with Gasteiger partial charge in [0.1, 0.15) is 18.1 Å². The van der Waals surface area contributed by atoms with Crippen molar-refractivity contribution in [2.24, 2.45) is 44.4 Å². The maximum atomic E-state index is 12.9. The first-order chi connectivity index (χ1) is 18.6. The quantitative estimate of drug-likeness (QED) is 0.0391. The van der Waals surface area contributed by atoms with E-state index in [1.807, 2.05) is 0 Å². The van der Waals surface area contributed by atoms with Gasteiger partial charge in [0.25, 0.3) is 0 Å². The van der Waals surface area contributed by atoms with Crippen LogP contribution in [0.2, 0.25) is 0 Å². The van der Waals surface area contributed by atoms with Gasteiger partial charge in [0.15, 0.2) is 11.9 Å². The lowest BCUT2D eigenvalue weighted by atomic mass is 10.1. The summed E-state index contributed by atoms with van der Waals surface area (Å²) < 4.78 is 0. The van der Waals surface area contributed by atoms with E-state index < -0.39 is 72.6 Å². The molecule has 0 fully saturated rings. The molecule has 0 radical (unpaired) electrons. The third kappa shape index (κ3) is 16.2. The Labute approximate surface area is 230 Å². The third-order valence-electron chi connectivity index (χ3n) is 5.03. The first-order valence-electron chi connectivity index (χ1n) is 12.2. The molecule has 226 valence electrons. The number of nitrogens with one attached hydrogen (secondary N) is 4. The molecule has 19 nitrogen and oxygen atoms in total. The second-order valence-electron chi connectivity index (χ2n) is 8.66. The molecule has 0 spiro atoms. The second kappa shape index (κ2) is 18.6. The number of guanidine groups is 2. The second-order valence-corrected chi connectivity index (χ2v) is 8.66. The SMILES string of the molecule is C[C@H](N)C(=O)N[C@@H](CCCN=C(N)N)C(=O)N[C@@H](CC(N)=O)C(=O)NCC(=O)N[C@@H](CCCN=C(N)N)C(=O)O. The molecule has 0 bridgehead atoms. The summed E-state index contributed by atoms with van der Waals surface area (Å²) in [7, 11) is 0. The van der Waals surface area contributed by atoms with Gasteiger partial charge in [-0.15, -0.1) is 0 Å². The molecule has 0 aromatic rings. The molecule has 19 heteroatoms. The Morgan fingerprint density at radius 3 is 1.68 bits per heavy atom. The van der Waals surface area contributed by atoms with Gasteiger partial charge in [-0.2, -0.15) is 0 Å². The zero-order valence-electron chi connectivity index (χ0n) is 22.2. The largest absolute Gasteiger partial charge is 0.480 e. The van der Waals surface area contributed by atoms with E-state index in [4.69, 9.17) is 34.4 Å². The standard InChI is InChI=1S/C21H40N12O7/c1-10(22)16(36)32-11(4-2-6-28-20(24)25)18(38)33-13(8-14(23)34)17(37)30-9-15(35)31-12(19(39)40)5-3-7-29-21(26)27/h10-13H,2-9,22H2,1H3,(H2,23,34)(H,30,37)(H,31,35)(H,32,36)(H,33,38)(H,39,40)(H4,24,25,28)(H4,26,27,29)/t10-,11-,12-,13-/m0/s1. The Balaban J connectivity index is 5.27. The van der Waals surface area contributed by atoms with Crippen LogP contribution in [0.5, 0.6) is 0 Å². The Morgan fingerprint density at radius 1 is 0.725 bits per heavy atom. The fourth-order valence-electron chi connectivity index (χ4n) is 3.06. The molecule has 0 rings (SSSR count). The summed E-state index contributed by atoms with van der Waals surface area (Å²) in [4.78, 5) is 80.3. The van der Waals surface area contributed by atoms with Crippen LogP contribution in [0, 0.1) is 0 Å². The fraction of sp³-hybridized carbons (Fsp3) is 0.619. The fourth-order valence-corrected chi connectivity index (χ4v) is 3.06. The Kier molecular flexibility index (Phi) is 16.4. The van der Waals surface area contributed by atoms with Crippen molar-refractivity contribution >= 4 is 47.4 Å². The first kappa shape index (κ1) is 35.3. The van der Waals surface area contributed by atoms with Gasteiger partial charge in [0.05, 0.1) is 19.0 Å². The highest BCUT2D eigenvalue weighted by atomic mass is 16.4. The number of rotatable bonds is 19. The Morgan fingerprint density at radius 2 is 1.23 bits per heavy atom. The van der Waals surface area contributed by atoms with Gasteiger partial charge in [-0.3, -0.25) is 34.0 Å². The van der Waals surface area contributed by atoms with Gasteiger partial charge < -0.3 is 60.8 Å². The lowest BCUT2D eigenvalue weighted by molar-refractivity contribution is -0.142. The maximum absolute atomic E-state index is 12.9. The summed E-state index contributed by atoms with van der Waals surface area (Å²) in [5, 5.41) is 18.5. The van der Waals surface area contributed by atoms with Crippen LogP contribution >= 0.6 is 0 Å². The van der Waals surface area contributed by atoms with Crippen molar-refractivity contribution in [3.63, 3.8) is 0 Å². The molecule has 5 amide bonds. The van der Waals surface area contributed by atoms with Crippen molar-refractivity contribution in [2.45, 2.75) is 63.2 Å². The number of nitrogens with two attached hydrogens (primary N) is 6. The normalized spacial score (nSPS) is 13.3. The van der Waals surface area contributed by atoms with Crippen LogP contribution in [-0.2, 0) is 28.8 Å². The lowest BCUT2D eigenvalue weighted by Crippen LogP contribution is -2.56. The van der Waals surface area contributed by atoms with E-state index in [-0.39, 0.29) is 50.7 Å². The van der Waals surface area contributed by atoms with Crippen LogP contribution in [0.15, 0.2) is 9.98 Å². The van der Waals surface area contributed by atoms with Gasteiger partial charge in [0.2, 0.25) is 29.5 Å². The number of aliphatic imine (C=N–C) groups is 2. The number of amides is 5. The average Bonchev–Trinajstić information content (AvgIpc) is 2.84. The van der Waals surface area contributed by atoms with E-state index in [0.717, 1.165) is 0 Å². The summed E-state index contributed by atoms with van der Waals surface area (Å²) >= 11 is 0.